The molecular formula is C19H27N3O3. The molecule has 2 aliphatic rings. The summed E-state index contributed by atoms with van der Waals surface area (Å²) in [7, 11) is 2.11. The summed E-state index contributed by atoms with van der Waals surface area (Å²) in [4.78, 5) is 30.2. The summed E-state index contributed by atoms with van der Waals surface area (Å²) in [5, 5.41) is 9.08. The summed E-state index contributed by atoms with van der Waals surface area (Å²) < 4.78 is 0. The smallest absolute Gasteiger partial charge is 0.306 e. The van der Waals surface area contributed by atoms with Gasteiger partial charge in [-0.3, -0.25) is 14.5 Å². The number of carboxylic acids is 1. The molecule has 0 aliphatic carbocycles. The summed E-state index contributed by atoms with van der Waals surface area (Å²) in [5.41, 5.74) is 1.82. The van der Waals surface area contributed by atoms with E-state index in [-0.39, 0.29) is 11.7 Å². The third kappa shape index (κ3) is 4.58. The van der Waals surface area contributed by atoms with Crippen molar-refractivity contribution >= 4 is 17.4 Å². The third-order valence-corrected chi connectivity index (χ3v) is 5.36. The Balaban J connectivity index is 1.53. The number of hydrogen-bond acceptors (Lipinski definition) is 5. The standard InChI is InChI=1S/C19H27N3O3/c1-20-10-12-21(13-11-20)14-18(23)15-2-4-17(5-3-15)22-8-6-16(7-9-22)19(24)25/h2-5,16H,6-14H2,1H3,(H,24,25). The van der Waals surface area contributed by atoms with E-state index in [4.69, 9.17) is 5.11 Å². The topological polar surface area (TPSA) is 64.1 Å². The van der Waals surface area contributed by atoms with Gasteiger partial charge in [-0.25, -0.2) is 0 Å². The summed E-state index contributed by atoms with van der Waals surface area (Å²) in [5.74, 6) is -0.745. The molecule has 0 aromatic heterocycles. The Hall–Kier alpha value is -1.92. The van der Waals surface area contributed by atoms with Crippen LogP contribution >= 0.6 is 0 Å². The molecule has 2 fully saturated rings. The van der Waals surface area contributed by atoms with Crippen LogP contribution in [0.5, 0.6) is 0 Å². The maximum absolute atomic E-state index is 12.5. The van der Waals surface area contributed by atoms with Crippen molar-refractivity contribution in [3.05, 3.63) is 29.8 Å². The Bertz CT molecular complexity index is 601. The number of Topliss-reactive ketones (excluding diaryl/α,β-unsaturated/α-hetero) is 1. The maximum Gasteiger partial charge on any atom is 0.306 e. The molecule has 0 unspecified atom stereocenters. The highest BCUT2D eigenvalue weighted by Crippen LogP contribution is 2.24. The van der Waals surface area contributed by atoms with Crippen LogP contribution in [0.4, 0.5) is 5.69 Å². The van der Waals surface area contributed by atoms with Gasteiger partial charge >= 0.3 is 5.97 Å². The van der Waals surface area contributed by atoms with E-state index in [1.165, 1.54) is 0 Å². The monoisotopic (exact) mass is 345 g/mol. The van der Waals surface area contributed by atoms with Crippen LogP contribution in [-0.2, 0) is 4.79 Å². The second kappa shape index (κ2) is 7.97. The van der Waals surface area contributed by atoms with Gasteiger partial charge in [-0.15, -0.1) is 0 Å². The first kappa shape index (κ1) is 17.9. The molecule has 0 saturated carbocycles. The Morgan fingerprint density at radius 2 is 1.60 bits per heavy atom. The Labute approximate surface area is 149 Å². The highest BCUT2D eigenvalue weighted by molar-refractivity contribution is 5.97. The zero-order valence-corrected chi connectivity index (χ0v) is 14.9. The Kier molecular flexibility index (Phi) is 5.71. The number of carbonyl (C=O) groups is 2. The molecule has 1 aromatic rings. The van der Waals surface area contributed by atoms with Crippen LogP contribution in [0, 0.1) is 5.92 Å². The fourth-order valence-electron chi connectivity index (χ4n) is 3.54. The van der Waals surface area contributed by atoms with Crippen LogP contribution in [0.3, 0.4) is 0 Å². The zero-order chi connectivity index (χ0) is 17.8. The average molecular weight is 345 g/mol. The first-order valence-corrected chi connectivity index (χ1v) is 9.05. The number of piperidine rings is 1. The second-order valence-electron chi connectivity index (χ2n) is 7.15. The quantitative estimate of drug-likeness (QED) is 0.815. The van der Waals surface area contributed by atoms with E-state index in [2.05, 4.69) is 21.7 Å². The van der Waals surface area contributed by atoms with E-state index in [0.717, 1.165) is 50.5 Å². The lowest BCUT2D eigenvalue weighted by molar-refractivity contribution is -0.142. The van der Waals surface area contributed by atoms with Crippen molar-refractivity contribution in [3.63, 3.8) is 0 Å². The molecule has 1 N–H and O–H groups in total. The van der Waals surface area contributed by atoms with Crippen LogP contribution in [0.25, 0.3) is 0 Å². The van der Waals surface area contributed by atoms with Gasteiger partial charge in [0.2, 0.25) is 0 Å². The highest BCUT2D eigenvalue weighted by Gasteiger charge is 2.24. The number of hydrogen-bond donors (Lipinski definition) is 1. The number of aliphatic carboxylic acids is 1. The van der Waals surface area contributed by atoms with E-state index in [9.17, 15) is 9.59 Å². The number of carboxylic acid groups (broad SMARTS) is 1. The van der Waals surface area contributed by atoms with Crippen molar-refractivity contribution in [1.82, 2.24) is 9.80 Å². The number of ketones is 1. The Morgan fingerprint density at radius 3 is 2.16 bits per heavy atom. The molecule has 6 nitrogen and oxygen atoms in total. The minimum atomic E-state index is -0.690. The van der Waals surface area contributed by atoms with Crippen LogP contribution in [-0.4, -0.2) is 79.5 Å². The van der Waals surface area contributed by atoms with Crippen molar-refractivity contribution in [2.45, 2.75) is 12.8 Å². The van der Waals surface area contributed by atoms with Crippen molar-refractivity contribution < 1.29 is 14.7 Å². The predicted molar refractivity (Wildman–Crippen MR) is 97.3 cm³/mol. The van der Waals surface area contributed by atoms with Gasteiger partial charge in [-0.05, 0) is 44.2 Å². The fourth-order valence-corrected chi connectivity index (χ4v) is 3.54. The molecule has 6 heteroatoms. The largest absolute Gasteiger partial charge is 0.481 e. The van der Waals surface area contributed by atoms with E-state index >= 15 is 0 Å². The summed E-state index contributed by atoms with van der Waals surface area (Å²) >= 11 is 0. The van der Waals surface area contributed by atoms with Crippen molar-refractivity contribution in [2.75, 3.05) is 57.8 Å². The minimum Gasteiger partial charge on any atom is -0.481 e. The van der Waals surface area contributed by atoms with Gasteiger partial charge in [-0.1, -0.05) is 0 Å². The first-order chi connectivity index (χ1) is 12.0. The molecule has 136 valence electrons. The third-order valence-electron chi connectivity index (χ3n) is 5.36. The lowest BCUT2D eigenvalue weighted by Gasteiger charge is -2.32. The van der Waals surface area contributed by atoms with Crippen molar-refractivity contribution in [1.29, 1.82) is 0 Å². The summed E-state index contributed by atoms with van der Waals surface area (Å²) in [6.45, 7) is 5.91. The molecule has 0 amide bonds. The second-order valence-corrected chi connectivity index (χ2v) is 7.15. The lowest BCUT2D eigenvalue weighted by atomic mass is 9.96. The molecule has 0 atom stereocenters. The number of rotatable bonds is 5. The molecule has 25 heavy (non-hydrogen) atoms. The number of carbonyl (C=O) groups excluding carboxylic acids is 1. The van der Waals surface area contributed by atoms with E-state index in [0.29, 0.717) is 19.4 Å². The van der Waals surface area contributed by atoms with Crippen LogP contribution in [0.2, 0.25) is 0 Å². The van der Waals surface area contributed by atoms with Gasteiger partial charge in [0.05, 0.1) is 12.5 Å². The molecule has 2 aliphatic heterocycles. The minimum absolute atomic E-state index is 0.167. The molecule has 0 spiro atoms. The fraction of sp³-hybridized carbons (Fsp3) is 0.579. The average Bonchev–Trinajstić information content (AvgIpc) is 2.64. The van der Waals surface area contributed by atoms with Crippen molar-refractivity contribution in [2.24, 2.45) is 5.92 Å². The predicted octanol–water partition coefficient (Wildman–Crippen LogP) is 1.42. The van der Waals surface area contributed by atoms with Gasteiger partial charge in [-0.2, -0.15) is 0 Å². The van der Waals surface area contributed by atoms with E-state index in [1.54, 1.807) is 0 Å². The normalized spacial score (nSPS) is 20.6. The molecule has 0 bridgehead atoms. The van der Waals surface area contributed by atoms with Gasteiger partial charge < -0.3 is 14.9 Å². The van der Waals surface area contributed by atoms with Gasteiger partial charge in [0.25, 0.3) is 0 Å². The van der Waals surface area contributed by atoms with Gasteiger partial charge in [0.1, 0.15) is 0 Å². The van der Waals surface area contributed by atoms with Crippen LogP contribution in [0.15, 0.2) is 24.3 Å². The van der Waals surface area contributed by atoms with E-state index < -0.39 is 5.97 Å². The number of piperazine rings is 1. The molecule has 3 rings (SSSR count). The molecular weight excluding hydrogens is 318 g/mol. The number of nitrogens with zero attached hydrogens (tertiary/aromatic N) is 3. The molecule has 0 radical (unpaired) electrons. The molecule has 2 saturated heterocycles. The number of likely N-dealkylation sites (N-methyl/N-ethyl adjacent to an activating group) is 1. The molecule has 2 heterocycles. The molecule has 1 aromatic carbocycles. The maximum atomic E-state index is 12.5. The summed E-state index contributed by atoms with van der Waals surface area (Å²) in [6, 6.07) is 7.77. The zero-order valence-electron chi connectivity index (χ0n) is 14.9. The highest BCUT2D eigenvalue weighted by atomic mass is 16.4. The number of anilines is 1. The van der Waals surface area contributed by atoms with Crippen LogP contribution < -0.4 is 4.90 Å². The van der Waals surface area contributed by atoms with Crippen LogP contribution in [0.1, 0.15) is 23.2 Å². The van der Waals surface area contributed by atoms with Crippen molar-refractivity contribution in [3.8, 4) is 0 Å². The van der Waals surface area contributed by atoms with Gasteiger partial charge in [0, 0.05) is 50.5 Å². The van der Waals surface area contributed by atoms with Gasteiger partial charge in [0.15, 0.2) is 5.78 Å². The van der Waals surface area contributed by atoms with E-state index in [1.807, 2.05) is 24.3 Å². The SMILES string of the molecule is CN1CCN(CC(=O)c2ccc(N3CCC(C(=O)O)CC3)cc2)CC1. The number of benzene rings is 1. The Morgan fingerprint density at radius 1 is 1.00 bits per heavy atom. The lowest BCUT2D eigenvalue weighted by Crippen LogP contribution is -2.46. The summed E-state index contributed by atoms with van der Waals surface area (Å²) in [6.07, 6.45) is 1.36. The first-order valence-electron chi connectivity index (χ1n) is 9.05.